The van der Waals surface area contributed by atoms with Crippen LogP contribution >= 0.6 is 11.6 Å². The van der Waals surface area contributed by atoms with Crippen LogP contribution in [0.1, 0.15) is 28.2 Å². The van der Waals surface area contributed by atoms with Crippen LogP contribution in [0.5, 0.6) is 5.75 Å². The summed E-state index contributed by atoms with van der Waals surface area (Å²) in [6.45, 7) is 3.74. The van der Waals surface area contributed by atoms with E-state index in [-0.39, 0.29) is 5.91 Å². The van der Waals surface area contributed by atoms with Crippen molar-refractivity contribution in [1.29, 1.82) is 0 Å². The first-order chi connectivity index (χ1) is 15.1. The highest BCUT2D eigenvalue weighted by Gasteiger charge is 2.12. The number of carbonyl (C=O) groups excluding carboxylic acids is 1. The van der Waals surface area contributed by atoms with Crippen molar-refractivity contribution in [1.82, 2.24) is 14.9 Å². The highest BCUT2D eigenvalue weighted by atomic mass is 35.5. The maximum Gasteiger partial charge on any atom is 0.251 e. The maximum atomic E-state index is 12.5. The molecule has 0 aliphatic heterocycles. The van der Waals surface area contributed by atoms with Gasteiger partial charge in [-0.2, -0.15) is 0 Å². The van der Waals surface area contributed by atoms with E-state index in [0.717, 1.165) is 41.1 Å². The minimum atomic E-state index is -0.154. The zero-order chi connectivity index (χ0) is 21.6. The lowest BCUT2D eigenvalue weighted by Gasteiger charge is -2.12. The molecular formula is C25H24ClN3O2. The highest BCUT2D eigenvalue weighted by molar-refractivity contribution is 6.30. The van der Waals surface area contributed by atoms with E-state index in [0.29, 0.717) is 23.7 Å². The highest BCUT2D eigenvalue weighted by Crippen LogP contribution is 2.19. The normalized spacial score (nSPS) is 10.9. The van der Waals surface area contributed by atoms with Gasteiger partial charge in [0.2, 0.25) is 0 Å². The molecule has 0 aliphatic rings. The van der Waals surface area contributed by atoms with Crippen molar-refractivity contribution in [3.8, 4) is 5.75 Å². The van der Waals surface area contributed by atoms with Crippen LogP contribution in [0.3, 0.4) is 0 Å². The number of hydrogen-bond donors (Lipinski definition) is 1. The molecule has 5 nitrogen and oxygen atoms in total. The molecular weight excluding hydrogens is 410 g/mol. The van der Waals surface area contributed by atoms with E-state index in [1.807, 2.05) is 49.4 Å². The molecule has 0 unspecified atom stereocenters. The molecule has 0 spiro atoms. The van der Waals surface area contributed by atoms with Crippen LogP contribution in [0, 0.1) is 6.92 Å². The van der Waals surface area contributed by atoms with Gasteiger partial charge in [-0.1, -0.05) is 41.9 Å². The van der Waals surface area contributed by atoms with Gasteiger partial charge in [0, 0.05) is 17.1 Å². The molecule has 3 aromatic carbocycles. The fourth-order valence-corrected chi connectivity index (χ4v) is 3.62. The number of para-hydroxylation sites is 3. The molecule has 0 saturated heterocycles. The van der Waals surface area contributed by atoms with Gasteiger partial charge >= 0.3 is 0 Å². The first-order valence-electron chi connectivity index (χ1n) is 10.3. The number of imidazole rings is 1. The van der Waals surface area contributed by atoms with Gasteiger partial charge in [-0.15, -0.1) is 0 Å². The van der Waals surface area contributed by atoms with E-state index < -0.39 is 0 Å². The van der Waals surface area contributed by atoms with Crippen molar-refractivity contribution in [2.24, 2.45) is 0 Å². The van der Waals surface area contributed by atoms with E-state index in [9.17, 15) is 4.79 Å². The molecule has 31 heavy (non-hydrogen) atoms. The Morgan fingerprint density at radius 1 is 1.03 bits per heavy atom. The number of fused-ring (bicyclic) bond motifs is 1. The fourth-order valence-electron chi connectivity index (χ4n) is 3.50. The minimum absolute atomic E-state index is 0.154. The summed E-state index contributed by atoms with van der Waals surface area (Å²) in [5, 5.41) is 3.57. The third-order valence-electron chi connectivity index (χ3n) is 5.12. The van der Waals surface area contributed by atoms with Crippen LogP contribution in [-0.2, 0) is 13.1 Å². The van der Waals surface area contributed by atoms with Gasteiger partial charge in [0.15, 0.2) is 0 Å². The Bertz CT molecular complexity index is 1190. The molecule has 0 bridgehead atoms. The van der Waals surface area contributed by atoms with Crippen LogP contribution in [0.15, 0.2) is 72.8 Å². The van der Waals surface area contributed by atoms with E-state index in [1.54, 1.807) is 24.3 Å². The number of rotatable bonds is 8. The minimum Gasteiger partial charge on any atom is -0.493 e. The molecule has 1 aromatic heterocycles. The van der Waals surface area contributed by atoms with Crippen LogP contribution in [-0.4, -0.2) is 22.1 Å². The number of halogens is 1. The molecule has 158 valence electrons. The number of ether oxygens (including phenoxy) is 1. The van der Waals surface area contributed by atoms with Gasteiger partial charge in [-0.3, -0.25) is 4.79 Å². The molecule has 1 N–H and O–H groups in total. The van der Waals surface area contributed by atoms with Crippen molar-refractivity contribution in [2.45, 2.75) is 26.4 Å². The van der Waals surface area contributed by atoms with Gasteiger partial charge < -0.3 is 14.6 Å². The molecule has 0 atom stereocenters. The van der Waals surface area contributed by atoms with E-state index in [4.69, 9.17) is 21.3 Å². The lowest BCUT2D eigenvalue weighted by molar-refractivity contribution is 0.0949. The lowest BCUT2D eigenvalue weighted by atomic mass is 10.2. The number of nitrogens with zero attached hydrogens (tertiary/aromatic N) is 2. The second kappa shape index (κ2) is 9.67. The number of benzene rings is 3. The maximum absolute atomic E-state index is 12.5. The van der Waals surface area contributed by atoms with Crippen molar-refractivity contribution >= 4 is 28.5 Å². The summed E-state index contributed by atoms with van der Waals surface area (Å²) in [5.74, 6) is 1.58. The lowest BCUT2D eigenvalue weighted by Crippen LogP contribution is -2.25. The third-order valence-corrected chi connectivity index (χ3v) is 5.38. The van der Waals surface area contributed by atoms with Crippen molar-refractivity contribution < 1.29 is 9.53 Å². The number of amides is 1. The monoisotopic (exact) mass is 433 g/mol. The van der Waals surface area contributed by atoms with Crippen molar-refractivity contribution in [2.75, 3.05) is 6.61 Å². The zero-order valence-electron chi connectivity index (χ0n) is 17.3. The standard InChI is InChI=1S/C25H24ClN3O2/c1-18-7-2-5-10-23(18)31-16-6-15-29-22-9-4-3-8-21(22)28-24(29)17-27-25(30)19-11-13-20(26)14-12-19/h2-5,7-14H,6,15-17H2,1H3,(H,27,30). The van der Waals surface area contributed by atoms with Gasteiger partial charge in [0.1, 0.15) is 11.6 Å². The van der Waals surface area contributed by atoms with Gasteiger partial charge in [-0.05, 0) is 61.4 Å². The number of aryl methyl sites for hydroxylation is 2. The summed E-state index contributed by atoms with van der Waals surface area (Å²) in [7, 11) is 0. The Morgan fingerprint density at radius 3 is 2.58 bits per heavy atom. The molecule has 1 amide bonds. The Hall–Kier alpha value is -3.31. The molecule has 1 heterocycles. The Kier molecular flexibility index (Phi) is 6.53. The van der Waals surface area contributed by atoms with E-state index in [2.05, 4.69) is 16.0 Å². The summed E-state index contributed by atoms with van der Waals surface area (Å²) >= 11 is 5.91. The smallest absolute Gasteiger partial charge is 0.251 e. The predicted octanol–water partition coefficient (Wildman–Crippen LogP) is 5.40. The summed E-state index contributed by atoms with van der Waals surface area (Å²) in [6, 6.07) is 22.9. The number of hydrogen-bond acceptors (Lipinski definition) is 3. The summed E-state index contributed by atoms with van der Waals surface area (Å²) < 4.78 is 8.09. The SMILES string of the molecule is Cc1ccccc1OCCCn1c(CNC(=O)c2ccc(Cl)cc2)nc2ccccc21. The number of aromatic nitrogens is 2. The second-order valence-corrected chi connectivity index (χ2v) is 7.76. The summed E-state index contributed by atoms with van der Waals surface area (Å²) in [5.41, 5.74) is 3.66. The Labute approximate surface area is 186 Å². The zero-order valence-corrected chi connectivity index (χ0v) is 18.1. The fraction of sp³-hybridized carbons (Fsp3) is 0.200. The second-order valence-electron chi connectivity index (χ2n) is 7.33. The third kappa shape index (κ3) is 5.06. The molecule has 0 aliphatic carbocycles. The van der Waals surface area contributed by atoms with Crippen LogP contribution in [0.4, 0.5) is 0 Å². The Morgan fingerprint density at radius 2 is 1.77 bits per heavy atom. The summed E-state index contributed by atoms with van der Waals surface area (Å²) in [4.78, 5) is 17.2. The molecule has 4 aromatic rings. The molecule has 4 rings (SSSR count). The number of carbonyl (C=O) groups is 1. The van der Waals surface area contributed by atoms with Crippen LogP contribution < -0.4 is 10.1 Å². The first-order valence-corrected chi connectivity index (χ1v) is 10.7. The predicted molar refractivity (Wildman–Crippen MR) is 124 cm³/mol. The van der Waals surface area contributed by atoms with Crippen molar-refractivity contribution in [3.05, 3.63) is 94.8 Å². The Balaban J connectivity index is 1.43. The topological polar surface area (TPSA) is 56.1 Å². The molecule has 0 fully saturated rings. The molecule has 6 heteroatoms. The van der Waals surface area contributed by atoms with E-state index in [1.165, 1.54) is 0 Å². The molecule has 0 radical (unpaired) electrons. The largest absolute Gasteiger partial charge is 0.493 e. The first kappa shape index (κ1) is 20.9. The quantitative estimate of drug-likeness (QED) is 0.378. The van der Waals surface area contributed by atoms with E-state index >= 15 is 0 Å². The van der Waals surface area contributed by atoms with Crippen LogP contribution in [0.25, 0.3) is 11.0 Å². The summed E-state index contributed by atoms with van der Waals surface area (Å²) in [6.07, 6.45) is 0.826. The van der Waals surface area contributed by atoms with Gasteiger partial charge in [-0.25, -0.2) is 4.98 Å². The number of nitrogens with one attached hydrogen (secondary N) is 1. The van der Waals surface area contributed by atoms with Gasteiger partial charge in [0.05, 0.1) is 24.2 Å². The average Bonchev–Trinajstić information content (AvgIpc) is 3.14. The van der Waals surface area contributed by atoms with Gasteiger partial charge in [0.25, 0.3) is 5.91 Å². The van der Waals surface area contributed by atoms with Crippen molar-refractivity contribution in [3.63, 3.8) is 0 Å². The van der Waals surface area contributed by atoms with Crippen LogP contribution in [0.2, 0.25) is 5.02 Å². The average molecular weight is 434 g/mol. The molecule has 0 saturated carbocycles.